The molecule has 1 aliphatic rings. The minimum absolute atomic E-state index is 0.957. The molecule has 0 fully saturated rings. The maximum absolute atomic E-state index is 3.53. The molecule has 0 bridgehead atoms. The highest BCUT2D eigenvalue weighted by molar-refractivity contribution is 8.76. The maximum atomic E-state index is 3.53. The van der Waals surface area contributed by atoms with Gasteiger partial charge in [0.2, 0.25) is 0 Å². The Kier molecular flexibility index (Phi) is 11.0. The number of anilines is 2. The highest BCUT2D eigenvalue weighted by Crippen LogP contribution is 2.22. The molecule has 4 nitrogen and oxygen atoms in total. The second-order valence-corrected chi connectivity index (χ2v) is 12.5. The van der Waals surface area contributed by atoms with E-state index in [4.69, 9.17) is 0 Å². The van der Waals surface area contributed by atoms with Crippen molar-refractivity contribution in [2.24, 2.45) is 7.05 Å². The van der Waals surface area contributed by atoms with Gasteiger partial charge in [-0.1, -0.05) is 58.0 Å². The topological polar surface area (TPSA) is 32.4 Å². The van der Waals surface area contributed by atoms with Gasteiger partial charge in [0.1, 0.15) is 13.2 Å². The van der Waals surface area contributed by atoms with E-state index in [-0.39, 0.29) is 0 Å². The highest BCUT2D eigenvalue weighted by atomic mass is 33.1. The van der Waals surface area contributed by atoms with Crippen LogP contribution in [0.2, 0.25) is 0 Å². The molecule has 2 heterocycles. The van der Waals surface area contributed by atoms with Crippen LogP contribution >= 0.6 is 21.6 Å². The Morgan fingerprint density at radius 1 is 0.769 bits per heavy atom. The molecule has 3 aromatic rings. The number of aromatic nitrogens is 1. The number of hydrogen-bond donors (Lipinski definition) is 3. The zero-order valence-corrected chi connectivity index (χ0v) is 25.0. The van der Waals surface area contributed by atoms with Crippen molar-refractivity contribution in [3.05, 3.63) is 119 Å². The molecule has 1 atom stereocenters. The van der Waals surface area contributed by atoms with Gasteiger partial charge in [-0.15, -0.1) is 0 Å². The van der Waals surface area contributed by atoms with Gasteiger partial charge in [0.05, 0.1) is 13.2 Å². The summed E-state index contributed by atoms with van der Waals surface area (Å²) in [7, 11) is 8.02. The molecular formula is C33H40N4S2+2. The van der Waals surface area contributed by atoms with E-state index < -0.39 is 0 Å². The standard InChI is InChI=1S/C33H38N4S2/c1-26(30-13-18-36(3)19-14-30)23-28-5-9-32(10-6-28)34-16-21-38-39-22-17-35-33-11-7-29(8-12-33)24-27(2)31-15-20-37(4)25-31/h5-15,18-20,23-25,35H,16-17,21-22H2,1-4H3/p+2/b27-24+. The Hall–Kier alpha value is -3.19. The van der Waals surface area contributed by atoms with Gasteiger partial charge in [-0.2, -0.15) is 0 Å². The van der Waals surface area contributed by atoms with Crippen LogP contribution in [0.3, 0.4) is 0 Å². The van der Waals surface area contributed by atoms with Gasteiger partial charge >= 0.3 is 0 Å². The lowest BCUT2D eigenvalue weighted by molar-refractivity contribution is -0.763. The van der Waals surface area contributed by atoms with Crippen molar-refractivity contribution in [3.63, 3.8) is 0 Å². The van der Waals surface area contributed by atoms with Gasteiger partial charge < -0.3 is 10.6 Å². The molecule has 0 saturated heterocycles. The summed E-state index contributed by atoms with van der Waals surface area (Å²) in [6.45, 7) is 6.25. The fourth-order valence-electron chi connectivity index (χ4n) is 4.22. The van der Waals surface area contributed by atoms with Crippen molar-refractivity contribution in [3.8, 4) is 0 Å². The number of quaternary nitrogens is 1. The first-order valence-corrected chi connectivity index (χ1v) is 15.9. The first kappa shape index (κ1) is 28.8. The molecule has 0 aliphatic carbocycles. The Morgan fingerprint density at radius 2 is 1.28 bits per heavy atom. The summed E-state index contributed by atoms with van der Waals surface area (Å²) in [6.07, 6.45) is 15.2. The Bertz CT molecular complexity index is 1320. The molecular weight excluding hydrogens is 517 g/mol. The predicted octanol–water partition coefficient (Wildman–Crippen LogP) is 6.31. The van der Waals surface area contributed by atoms with E-state index in [9.17, 15) is 0 Å². The quantitative estimate of drug-likeness (QED) is 0.131. The lowest BCUT2D eigenvalue weighted by atomic mass is 10.1. The number of benzene rings is 2. The van der Waals surface area contributed by atoms with Gasteiger partial charge in [-0.3, -0.25) is 4.90 Å². The van der Waals surface area contributed by atoms with Crippen LogP contribution in [0.4, 0.5) is 11.4 Å². The molecule has 4 rings (SSSR count). The average Bonchev–Trinajstić information content (AvgIpc) is 3.39. The SMILES string of the molecule is C/C(=C\c1ccc(NCCSSCCNc2ccc(/C=C(\C)c3cc[n+](C)cc3)cc2)cc1)C1=C[NH+](C)C=C1. The zero-order chi connectivity index (χ0) is 27.5. The smallest absolute Gasteiger partial charge is 0.169 e. The molecule has 39 heavy (non-hydrogen) atoms. The third-order valence-electron chi connectivity index (χ3n) is 6.50. The van der Waals surface area contributed by atoms with Crippen molar-refractivity contribution >= 4 is 50.7 Å². The van der Waals surface area contributed by atoms with Crippen LogP contribution < -0.4 is 20.1 Å². The van der Waals surface area contributed by atoms with Crippen LogP contribution in [0.15, 0.2) is 103 Å². The van der Waals surface area contributed by atoms with E-state index in [0.717, 1.165) is 24.6 Å². The van der Waals surface area contributed by atoms with Crippen molar-refractivity contribution in [2.45, 2.75) is 13.8 Å². The van der Waals surface area contributed by atoms with Crippen molar-refractivity contribution in [2.75, 3.05) is 42.3 Å². The molecule has 3 N–H and O–H groups in total. The largest absolute Gasteiger partial charge is 0.384 e. The van der Waals surface area contributed by atoms with Crippen LogP contribution in [-0.2, 0) is 7.05 Å². The van der Waals surface area contributed by atoms with Crippen LogP contribution in [0.25, 0.3) is 17.7 Å². The van der Waals surface area contributed by atoms with E-state index in [1.54, 1.807) is 0 Å². The van der Waals surface area contributed by atoms with Crippen molar-refractivity contribution < 1.29 is 9.47 Å². The van der Waals surface area contributed by atoms with E-state index in [2.05, 4.69) is 140 Å². The summed E-state index contributed by atoms with van der Waals surface area (Å²) >= 11 is 0. The molecule has 202 valence electrons. The number of aryl methyl sites for hydroxylation is 1. The summed E-state index contributed by atoms with van der Waals surface area (Å²) in [6, 6.07) is 21.7. The molecule has 2 aromatic carbocycles. The maximum Gasteiger partial charge on any atom is 0.169 e. The number of hydrogen-bond acceptors (Lipinski definition) is 4. The summed E-state index contributed by atoms with van der Waals surface area (Å²) in [5.74, 6) is 2.14. The van der Waals surface area contributed by atoms with E-state index in [1.807, 2.05) is 28.6 Å². The van der Waals surface area contributed by atoms with E-state index >= 15 is 0 Å². The van der Waals surface area contributed by atoms with Gasteiger partial charge in [0.25, 0.3) is 0 Å². The first-order chi connectivity index (χ1) is 19.0. The normalized spacial score (nSPS) is 15.4. The molecule has 0 spiro atoms. The minimum atomic E-state index is 0.957. The summed E-state index contributed by atoms with van der Waals surface area (Å²) in [5.41, 5.74) is 9.91. The molecule has 1 aromatic heterocycles. The first-order valence-electron chi connectivity index (χ1n) is 13.4. The fraction of sp³-hybridized carbons (Fsp3) is 0.242. The van der Waals surface area contributed by atoms with Gasteiger partial charge in [-0.05, 0) is 65.9 Å². The van der Waals surface area contributed by atoms with Crippen molar-refractivity contribution in [1.82, 2.24) is 0 Å². The van der Waals surface area contributed by atoms with Crippen LogP contribution in [0, 0.1) is 0 Å². The predicted molar refractivity (Wildman–Crippen MR) is 174 cm³/mol. The number of allylic oxidation sites excluding steroid dienone is 4. The van der Waals surface area contributed by atoms with Crippen LogP contribution in [-0.4, -0.2) is 31.6 Å². The van der Waals surface area contributed by atoms with Gasteiger partial charge in [0.15, 0.2) is 12.4 Å². The van der Waals surface area contributed by atoms with Gasteiger partial charge in [0, 0.05) is 59.8 Å². The Morgan fingerprint density at radius 3 is 1.77 bits per heavy atom. The fourth-order valence-corrected chi connectivity index (χ4v) is 6.04. The van der Waals surface area contributed by atoms with Crippen molar-refractivity contribution in [1.29, 1.82) is 0 Å². The number of nitrogens with zero attached hydrogens (tertiary/aromatic N) is 1. The lowest BCUT2D eigenvalue weighted by Gasteiger charge is -2.08. The van der Waals surface area contributed by atoms with Crippen LogP contribution in [0.1, 0.15) is 30.5 Å². The van der Waals surface area contributed by atoms with E-state index in [0.29, 0.717) is 0 Å². The average molecular weight is 557 g/mol. The number of rotatable bonds is 13. The monoisotopic (exact) mass is 556 g/mol. The number of pyridine rings is 1. The molecule has 0 amide bonds. The molecule has 1 unspecified atom stereocenters. The lowest BCUT2D eigenvalue weighted by Crippen LogP contribution is -2.98. The van der Waals surface area contributed by atoms with Crippen LogP contribution in [0.5, 0.6) is 0 Å². The second-order valence-electron chi connectivity index (χ2n) is 9.83. The number of nitrogens with one attached hydrogen (secondary N) is 3. The third kappa shape index (κ3) is 9.50. The Balaban J connectivity index is 1.08. The van der Waals surface area contributed by atoms with E-state index in [1.165, 1.54) is 49.7 Å². The summed E-state index contributed by atoms with van der Waals surface area (Å²) in [5, 5.41) is 7.06. The molecule has 0 saturated carbocycles. The minimum Gasteiger partial charge on any atom is -0.384 e. The zero-order valence-electron chi connectivity index (χ0n) is 23.4. The summed E-state index contributed by atoms with van der Waals surface area (Å²) < 4.78 is 2.05. The molecule has 0 radical (unpaired) electrons. The molecule has 1 aliphatic heterocycles. The molecule has 6 heteroatoms. The second kappa shape index (κ2) is 14.8. The summed E-state index contributed by atoms with van der Waals surface area (Å²) in [4.78, 5) is 1.31. The Labute approximate surface area is 242 Å². The van der Waals surface area contributed by atoms with Gasteiger partial charge in [-0.25, -0.2) is 4.57 Å². The third-order valence-corrected chi connectivity index (χ3v) is 8.91. The highest BCUT2D eigenvalue weighted by Gasteiger charge is 2.08.